The maximum atomic E-state index is 2.53. The number of nitrogens with zero attached hydrogens (tertiary/aromatic N) is 2. The topological polar surface area (TPSA) is 6.48 Å². The van der Waals surface area contributed by atoms with Gasteiger partial charge in [0.1, 0.15) is 0 Å². The molecule has 2 aliphatic carbocycles. The predicted octanol–water partition coefficient (Wildman–Crippen LogP) is 13.2. The van der Waals surface area contributed by atoms with Gasteiger partial charge in [0.15, 0.2) is 0 Å². The van der Waals surface area contributed by atoms with Crippen LogP contribution >= 0.6 is 0 Å². The van der Waals surface area contributed by atoms with Gasteiger partial charge in [0.25, 0.3) is 0 Å². The van der Waals surface area contributed by atoms with Gasteiger partial charge in [0.05, 0.1) is 0 Å². The molecule has 2 nitrogen and oxygen atoms in total. The summed E-state index contributed by atoms with van der Waals surface area (Å²) in [4.78, 5) is 4.73. The highest BCUT2D eigenvalue weighted by atomic mass is 15.1. The molecule has 0 radical (unpaired) electrons. The average molecular weight is 645 g/mol. The first-order valence-electron chi connectivity index (χ1n) is 17.6. The van der Waals surface area contributed by atoms with Crippen LogP contribution in [0.1, 0.15) is 49.9 Å². The van der Waals surface area contributed by atoms with Crippen molar-refractivity contribution in [2.45, 2.75) is 38.5 Å². The first-order valence-corrected chi connectivity index (χ1v) is 17.6. The second kappa shape index (κ2) is 11.4. The van der Waals surface area contributed by atoms with Crippen LogP contribution in [0.2, 0.25) is 0 Å². The molecule has 0 saturated heterocycles. The van der Waals surface area contributed by atoms with Crippen LogP contribution in [0.3, 0.4) is 0 Å². The standard InChI is InChI=1S/C48H40N2/c1-47(2)43-29-37(49(33-17-9-5-10-18-33)34-19-11-6-12-20-34)25-27-39(43)41-31-42-40-28-26-38(30-44(40)48(3,4)46(42)32-45(41)47)50(35-21-13-7-14-22-35)36-23-15-8-16-24-36/h5-32H,1-4H3. The molecule has 0 heterocycles. The Morgan fingerprint density at radius 2 is 0.580 bits per heavy atom. The SMILES string of the molecule is CC1(C)c2cc(N(c3ccccc3)c3ccccc3)ccc2-c2cc3c(cc21)C(C)(C)c1cc(N(c2ccccc2)c2ccccc2)ccc1-3. The summed E-state index contributed by atoms with van der Waals surface area (Å²) >= 11 is 0. The van der Waals surface area contributed by atoms with Crippen molar-refractivity contribution in [3.8, 4) is 22.3 Å². The van der Waals surface area contributed by atoms with E-state index in [9.17, 15) is 0 Å². The molecule has 0 aliphatic heterocycles. The Morgan fingerprint density at radius 1 is 0.280 bits per heavy atom. The van der Waals surface area contributed by atoms with Gasteiger partial charge in [-0.3, -0.25) is 0 Å². The van der Waals surface area contributed by atoms with Crippen LogP contribution in [0.25, 0.3) is 22.3 Å². The van der Waals surface area contributed by atoms with Crippen molar-refractivity contribution in [3.63, 3.8) is 0 Å². The Hall–Kier alpha value is -5.86. The van der Waals surface area contributed by atoms with Gasteiger partial charge in [0, 0.05) is 45.0 Å². The predicted molar refractivity (Wildman–Crippen MR) is 211 cm³/mol. The zero-order chi connectivity index (χ0) is 34.0. The Kier molecular flexibility index (Phi) is 6.86. The molecule has 0 spiro atoms. The van der Waals surface area contributed by atoms with E-state index in [2.05, 4.69) is 207 Å². The van der Waals surface area contributed by atoms with Crippen molar-refractivity contribution in [2.75, 3.05) is 9.80 Å². The minimum Gasteiger partial charge on any atom is -0.310 e. The van der Waals surface area contributed by atoms with E-state index in [4.69, 9.17) is 0 Å². The lowest BCUT2D eigenvalue weighted by Crippen LogP contribution is -2.19. The molecule has 0 saturated carbocycles. The van der Waals surface area contributed by atoms with Gasteiger partial charge in [0.2, 0.25) is 0 Å². The van der Waals surface area contributed by atoms with Gasteiger partial charge in [-0.15, -0.1) is 0 Å². The summed E-state index contributed by atoms with van der Waals surface area (Å²) in [7, 11) is 0. The fourth-order valence-corrected chi connectivity index (χ4v) is 8.42. The highest BCUT2D eigenvalue weighted by Crippen LogP contribution is 2.57. The van der Waals surface area contributed by atoms with Crippen molar-refractivity contribution in [3.05, 3.63) is 192 Å². The molecule has 7 aromatic rings. The number of benzene rings is 7. The maximum absolute atomic E-state index is 2.53. The number of fused-ring (bicyclic) bond motifs is 6. The molecule has 2 aliphatic rings. The largest absolute Gasteiger partial charge is 0.310 e. The molecular weight excluding hydrogens is 605 g/mol. The lowest BCUT2D eigenvalue weighted by Gasteiger charge is -2.29. The maximum Gasteiger partial charge on any atom is 0.0465 e. The molecular formula is C48H40N2. The fraction of sp³-hybridized carbons (Fsp3) is 0.125. The normalized spacial score (nSPS) is 14.3. The molecule has 7 aromatic carbocycles. The van der Waals surface area contributed by atoms with Crippen LogP contribution in [0, 0.1) is 0 Å². The molecule has 0 unspecified atom stereocenters. The van der Waals surface area contributed by atoms with E-state index in [-0.39, 0.29) is 10.8 Å². The summed E-state index contributed by atoms with van der Waals surface area (Å²) < 4.78 is 0. The molecule has 9 rings (SSSR count). The fourth-order valence-electron chi connectivity index (χ4n) is 8.42. The van der Waals surface area contributed by atoms with Crippen molar-refractivity contribution in [2.24, 2.45) is 0 Å². The first-order chi connectivity index (χ1) is 24.3. The summed E-state index contributed by atoms with van der Waals surface area (Å²) in [6, 6.07) is 61.9. The second-order valence-electron chi connectivity index (χ2n) is 14.7. The van der Waals surface area contributed by atoms with E-state index in [1.165, 1.54) is 55.9 Å². The molecule has 0 aromatic heterocycles. The molecule has 0 N–H and O–H groups in total. The summed E-state index contributed by atoms with van der Waals surface area (Å²) in [6.45, 7) is 9.59. The Balaban J connectivity index is 1.16. The minimum atomic E-state index is -0.151. The van der Waals surface area contributed by atoms with Crippen LogP contribution in [0.5, 0.6) is 0 Å². The molecule has 2 heteroatoms. The van der Waals surface area contributed by atoms with E-state index < -0.39 is 0 Å². The van der Waals surface area contributed by atoms with Crippen LogP contribution < -0.4 is 9.80 Å². The Morgan fingerprint density at radius 3 is 0.900 bits per heavy atom. The number of hydrogen-bond donors (Lipinski definition) is 0. The second-order valence-corrected chi connectivity index (χ2v) is 14.7. The van der Waals surface area contributed by atoms with E-state index in [0.717, 1.165) is 22.7 Å². The molecule has 0 amide bonds. The third kappa shape index (κ3) is 4.63. The van der Waals surface area contributed by atoms with Crippen LogP contribution in [-0.2, 0) is 10.8 Å². The van der Waals surface area contributed by atoms with Crippen molar-refractivity contribution < 1.29 is 0 Å². The summed E-state index contributed by atoms with van der Waals surface area (Å²) in [5, 5.41) is 0. The van der Waals surface area contributed by atoms with E-state index >= 15 is 0 Å². The molecule has 0 atom stereocenters. The number of rotatable bonds is 6. The van der Waals surface area contributed by atoms with Gasteiger partial charge in [-0.1, -0.05) is 119 Å². The first kappa shape index (κ1) is 30.2. The lowest BCUT2D eigenvalue weighted by molar-refractivity contribution is 0.639. The zero-order valence-electron chi connectivity index (χ0n) is 29.1. The smallest absolute Gasteiger partial charge is 0.0465 e. The molecule has 0 fully saturated rings. The highest BCUT2D eigenvalue weighted by Gasteiger charge is 2.42. The number of anilines is 6. The number of hydrogen-bond acceptors (Lipinski definition) is 2. The van der Waals surface area contributed by atoms with Crippen LogP contribution in [-0.4, -0.2) is 0 Å². The van der Waals surface area contributed by atoms with E-state index in [0.29, 0.717) is 0 Å². The molecule has 242 valence electrons. The summed E-state index contributed by atoms with van der Waals surface area (Å²) in [6.07, 6.45) is 0. The monoisotopic (exact) mass is 644 g/mol. The Bertz CT molecular complexity index is 2110. The zero-order valence-corrected chi connectivity index (χ0v) is 29.1. The van der Waals surface area contributed by atoms with Crippen LogP contribution in [0.4, 0.5) is 34.1 Å². The average Bonchev–Trinajstić information content (AvgIpc) is 3.51. The summed E-state index contributed by atoms with van der Waals surface area (Å²) in [5.41, 5.74) is 17.6. The van der Waals surface area contributed by atoms with E-state index in [1.54, 1.807) is 0 Å². The molecule has 0 bridgehead atoms. The van der Waals surface area contributed by atoms with Crippen molar-refractivity contribution >= 4 is 34.1 Å². The van der Waals surface area contributed by atoms with Gasteiger partial charge >= 0.3 is 0 Å². The highest BCUT2D eigenvalue weighted by molar-refractivity contribution is 5.93. The molecule has 50 heavy (non-hydrogen) atoms. The summed E-state index contributed by atoms with van der Waals surface area (Å²) in [5.74, 6) is 0. The lowest BCUT2D eigenvalue weighted by atomic mass is 9.77. The van der Waals surface area contributed by atoms with Gasteiger partial charge in [-0.05, 0) is 123 Å². The Labute approximate surface area is 295 Å². The quantitative estimate of drug-likeness (QED) is 0.178. The minimum absolute atomic E-state index is 0.151. The third-order valence-electron chi connectivity index (χ3n) is 11.0. The van der Waals surface area contributed by atoms with Gasteiger partial charge in [-0.25, -0.2) is 0 Å². The van der Waals surface area contributed by atoms with Gasteiger partial charge < -0.3 is 9.80 Å². The van der Waals surface area contributed by atoms with Crippen molar-refractivity contribution in [1.82, 2.24) is 0 Å². The third-order valence-corrected chi connectivity index (χ3v) is 11.0. The van der Waals surface area contributed by atoms with Crippen molar-refractivity contribution in [1.29, 1.82) is 0 Å². The number of para-hydroxylation sites is 4. The van der Waals surface area contributed by atoms with Crippen LogP contribution in [0.15, 0.2) is 170 Å². The van der Waals surface area contributed by atoms with Gasteiger partial charge in [-0.2, -0.15) is 0 Å². The van der Waals surface area contributed by atoms with E-state index in [1.807, 2.05) is 0 Å².